The van der Waals surface area contributed by atoms with Crippen LogP contribution in [0.3, 0.4) is 0 Å². The van der Waals surface area contributed by atoms with Crippen molar-refractivity contribution in [2.75, 3.05) is 19.0 Å². The van der Waals surface area contributed by atoms with E-state index in [0.29, 0.717) is 5.69 Å². The van der Waals surface area contributed by atoms with Gasteiger partial charge in [0.1, 0.15) is 11.9 Å². The summed E-state index contributed by atoms with van der Waals surface area (Å²) in [5, 5.41) is 6.49. The van der Waals surface area contributed by atoms with E-state index in [-0.39, 0.29) is 5.91 Å². The van der Waals surface area contributed by atoms with Crippen LogP contribution in [0.4, 0.5) is 10.1 Å². The molecule has 0 spiro atoms. The Balaban J connectivity index is 1.57. The van der Waals surface area contributed by atoms with Gasteiger partial charge in [0.2, 0.25) is 0 Å². The van der Waals surface area contributed by atoms with Crippen LogP contribution in [-0.2, 0) is 8.98 Å². The maximum absolute atomic E-state index is 13.7. The molecule has 0 bridgehead atoms. The lowest BCUT2D eigenvalue weighted by Gasteiger charge is -2.46. The number of anilines is 1. The van der Waals surface area contributed by atoms with Crippen molar-refractivity contribution in [3.05, 3.63) is 96.6 Å². The first kappa shape index (κ1) is 22.0. The van der Waals surface area contributed by atoms with Crippen LogP contribution < -0.4 is 4.90 Å². The minimum absolute atomic E-state index is 0.153. The summed E-state index contributed by atoms with van der Waals surface area (Å²) in [4.78, 5) is 19.6. The Morgan fingerprint density at radius 1 is 0.886 bits per heavy atom. The van der Waals surface area contributed by atoms with Crippen molar-refractivity contribution < 1.29 is 13.4 Å². The monoisotopic (exact) mass is 483 g/mol. The lowest BCUT2D eigenvalue weighted by Crippen LogP contribution is -2.60. The molecule has 5 aromatic rings. The molecule has 0 saturated carbocycles. The molecule has 1 amide bonds. The number of carbonyl (C=O) groups is 1. The summed E-state index contributed by atoms with van der Waals surface area (Å²) in [6.07, 6.45) is 0.445. The van der Waals surface area contributed by atoms with Crippen LogP contribution in [0.1, 0.15) is 11.7 Å². The number of β-lactam (4-membered cyclic amide) rings is 1. The predicted molar refractivity (Wildman–Crippen MR) is 140 cm³/mol. The van der Waals surface area contributed by atoms with Crippen LogP contribution in [0.25, 0.3) is 32.3 Å². The number of rotatable bonds is 5. The molecular formula is C28H22FN3O2S. The highest BCUT2D eigenvalue weighted by molar-refractivity contribution is 7.92. The molecule has 0 radical (unpaired) electrons. The van der Waals surface area contributed by atoms with Gasteiger partial charge >= 0.3 is 0 Å². The molecule has 35 heavy (non-hydrogen) atoms. The summed E-state index contributed by atoms with van der Waals surface area (Å²) in [5.41, 5.74) is 1.37. The third-order valence-electron chi connectivity index (χ3n) is 6.40. The molecule has 7 heteroatoms. The van der Waals surface area contributed by atoms with Gasteiger partial charge in [0.25, 0.3) is 5.91 Å². The van der Waals surface area contributed by atoms with E-state index in [1.54, 1.807) is 15.3 Å². The normalized spacial score (nSPS) is 18.1. The molecule has 2 unspecified atom stereocenters. The van der Waals surface area contributed by atoms with E-state index in [0.717, 1.165) is 50.2 Å². The molecule has 6 rings (SSSR count). The Hall–Kier alpha value is -3.52. The fourth-order valence-corrected chi connectivity index (χ4v) is 5.30. The van der Waals surface area contributed by atoms with E-state index in [2.05, 4.69) is 41.4 Å². The second kappa shape index (κ2) is 8.61. The Morgan fingerprint density at radius 2 is 1.60 bits per heavy atom. The number of hydrogen-bond donors (Lipinski definition) is 0. The van der Waals surface area contributed by atoms with Gasteiger partial charge in [0, 0.05) is 5.39 Å². The van der Waals surface area contributed by atoms with Crippen molar-refractivity contribution in [3.8, 4) is 0 Å². The van der Waals surface area contributed by atoms with Gasteiger partial charge in [0.15, 0.2) is 6.10 Å². The van der Waals surface area contributed by atoms with Gasteiger partial charge in [-0.25, -0.2) is 8.70 Å². The molecule has 1 aliphatic rings. The first-order chi connectivity index (χ1) is 17.0. The zero-order chi connectivity index (χ0) is 24.1. The first-order valence-electron chi connectivity index (χ1n) is 11.3. The summed E-state index contributed by atoms with van der Waals surface area (Å²) in [6, 6.07) is 25.2. The minimum atomic E-state index is -0.734. The molecule has 174 valence electrons. The summed E-state index contributed by atoms with van der Waals surface area (Å²) in [6.45, 7) is 0. The Kier molecular flexibility index (Phi) is 5.40. The fourth-order valence-electron chi connectivity index (χ4n) is 4.85. The molecule has 5 nitrogen and oxygen atoms in total. The van der Waals surface area contributed by atoms with Gasteiger partial charge in [-0.15, -0.1) is 0 Å². The standard InChI is InChI=1S/C28H22FN3O2S/c1-31(2)35-34-27-26(24-14-12-18(29)16-30-24)32(28(27)33)25-15-23-19-8-4-3-7-17(19)11-13-21(23)20-9-5-6-10-22(20)25/h3-16,26-27H,1-2H3. The zero-order valence-corrected chi connectivity index (χ0v) is 20.0. The van der Waals surface area contributed by atoms with Gasteiger partial charge in [0.05, 0.1) is 29.8 Å². The number of carbonyl (C=O) groups excluding carboxylic acids is 1. The number of benzene rings is 4. The SMILES string of the molecule is CN(C)SOC1C(=O)N(c2cc3c4ccccc4ccc3c3ccccc23)C1c1ccc(F)cn1. The van der Waals surface area contributed by atoms with Gasteiger partial charge < -0.3 is 0 Å². The van der Waals surface area contributed by atoms with Crippen LogP contribution in [0.15, 0.2) is 85.1 Å². The number of amides is 1. The van der Waals surface area contributed by atoms with Crippen molar-refractivity contribution in [2.24, 2.45) is 0 Å². The third-order valence-corrected chi connectivity index (χ3v) is 6.99. The molecule has 4 aromatic carbocycles. The van der Waals surface area contributed by atoms with E-state index >= 15 is 0 Å². The average molecular weight is 484 g/mol. The third kappa shape index (κ3) is 3.63. The molecule has 1 aliphatic heterocycles. The number of pyridine rings is 1. The number of fused-ring (bicyclic) bond motifs is 5. The summed E-state index contributed by atoms with van der Waals surface area (Å²) < 4.78 is 21.3. The predicted octanol–water partition coefficient (Wildman–Crippen LogP) is 6.28. The van der Waals surface area contributed by atoms with Crippen molar-refractivity contribution in [3.63, 3.8) is 0 Å². The average Bonchev–Trinajstić information content (AvgIpc) is 2.87. The molecule has 1 aromatic heterocycles. The van der Waals surface area contributed by atoms with Crippen LogP contribution in [0.5, 0.6) is 0 Å². The lowest BCUT2D eigenvalue weighted by atomic mass is 9.90. The highest BCUT2D eigenvalue weighted by Crippen LogP contribution is 2.46. The number of hydrogen-bond acceptors (Lipinski definition) is 5. The van der Waals surface area contributed by atoms with Crippen molar-refractivity contribution in [1.82, 2.24) is 9.29 Å². The topological polar surface area (TPSA) is 45.7 Å². The van der Waals surface area contributed by atoms with Gasteiger partial charge in [-0.05, 0) is 59.2 Å². The summed E-state index contributed by atoms with van der Waals surface area (Å²) >= 11 is 1.11. The van der Waals surface area contributed by atoms with E-state index in [9.17, 15) is 9.18 Å². The molecule has 1 fully saturated rings. The quantitative estimate of drug-likeness (QED) is 0.127. The highest BCUT2D eigenvalue weighted by Gasteiger charge is 2.52. The van der Waals surface area contributed by atoms with E-state index in [1.165, 1.54) is 12.3 Å². The molecule has 2 atom stereocenters. The molecule has 0 aliphatic carbocycles. The van der Waals surface area contributed by atoms with E-state index in [1.807, 2.05) is 44.4 Å². The van der Waals surface area contributed by atoms with E-state index in [4.69, 9.17) is 4.18 Å². The molecular weight excluding hydrogens is 461 g/mol. The highest BCUT2D eigenvalue weighted by atomic mass is 32.2. The summed E-state index contributed by atoms with van der Waals surface area (Å²) in [5.74, 6) is -0.575. The number of aromatic nitrogens is 1. The van der Waals surface area contributed by atoms with Crippen molar-refractivity contribution in [1.29, 1.82) is 0 Å². The number of nitrogens with zero attached hydrogens (tertiary/aromatic N) is 3. The van der Waals surface area contributed by atoms with Crippen LogP contribution >= 0.6 is 12.2 Å². The maximum Gasteiger partial charge on any atom is 0.260 e. The minimum Gasteiger partial charge on any atom is -0.297 e. The van der Waals surface area contributed by atoms with Gasteiger partial charge in [-0.2, -0.15) is 0 Å². The van der Waals surface area contributed by atoms with Crippen molar-refractivity contribution >= 4 is 56.1 Å². The largest absolute Gasteiger partial charge is 0.297 e. The van der Waals surface area contributed by atoms with E-state index < -0.39 is 18.0 Å². The summed E-state index contributed by atoms with van der Waals surface area (Å²) in [7, 11) is 3.69. The Bertz CT molecular complexity index is 1590. The maximum atomic E-state index is 13.7. The molecule has 2 heterocycles. The fraction of sp³-hybridized carbons (Fsp3) is 0.143. The van der Waals surface area contributed by atoms with Crippen LogP contribution in [0, 0.1) is 5.82 Å². The smallest absolute Gasteiger partial charge is 0.260 e. The second-order valence-electron chi connectivity index (χ2n) is 8.78. The van der Waals surface area contributed by atoms with Crippen LogP contribution in [-0.4, -0.2) is 35.4 Å². The van der Waals surface area contributed by atoms with Gasteiger partial charge in [-0.3, -0.25) is 18.9 Å². The Morgan fingerprint density at radius 3 is 2.34 bits per heavy atom. The lowest BCUT2D eigenvalue weighted by molar-refractivity contribution is -0.134. The Labute approximate surface area is 206 Å². The van der Waals surface area contributed by atoms with Crippen LogP contribution in [0.2, 0.25) is 0 Å². The molecule has 1 saturated heterocycles. The second-order valence-corrected chi connectivity index (χ2v) is 9.85. The number of halogens is 1. The zero-order valence-electron chi connectivity index (χ0n) is 19.2. The van der Waals surface area contributed by atoms with Crippen molar-refractivity contribution in [2.45, 2.75) is 12.1 Å². The van der Waals surface area contributed by atoms with Gasteiger partial charge in [-0.1, -0.05) is 60.7 Å². The first-order valence-corrected chi connectivity index (χ1v) is 12.0. The molecule has 0 N–H and O–H groups in total.